The van der Waals surface area contributed by atoms with Gasteiger partial charge in [-0.15, -0.1) is 0 Å². The second-order valence-corrected chi connectivity index (χ2v) is 25.1. The molecule has 2 aliphatic rings. The zero-order chi connectivity index (χ0) is 32.1. The molecule has 0 bridgehead atoms. The minimum atomic E-state index is -5.25. The molecule has 0 aromatic heterocycles. The van der Waals surface area contributed by atoms with Crippen molar-refractivity contribution in [2.75, 3.05) is 13.2 Å². The second kappa shape index (κ2) is 18.3. The Bertz CT molecular complexity index is 744. The first kappa shape index (κ1) is 39.9. The van der Waals surface area contributed by atoms with E-state index in [0.29, 0.717) is 12.8 Å². The average molecular weight is 727 g/mol. The van der Waals surface area contributed by atoms with E-state index in [2.05, 4.69) is 13.8 Å². The summed E-state index contributed by atoms with van der Waals surface area (Å²) in [6.45, 7) is 7.69. The molecule has 2 rings (SSSR count). The van der Waals surface area contributed by atoms with Crippen molar-refractivity contribution < 1.29 is 66.4 Å². The SMILES string of the molecule is CCCCCCCCC[Si]1(OCC)O[Si](O)(O)O[Si](O)(O[Si]2(O)O[Si](O)(O)O[Si](CCCCCCCCC)(OCC)O2)O1. The molecule has 0 radical (unpaired) electrons. The summed E-state index contributed by atoms with van der Waals surface area (Å²) in [4.78, 5) is 64.8. The monoisotopic (exact) mass is 726 g/mol. The summed E-state index contributed by atoms with van der Waals surface area (Å²) in [7, 11) is -28.7. The lowest BCUT2D eigenvalue weighted by atomic mass is 10.1. The fourth-order valence-electron chi connectivity index (χ4n) is 5.01. The molecule has 2 saturated heterocycles. The summed E-state index contributed by atoms with van der Waals surface area (Å²) in [5.74, 6) is 0. The molecule has 2 fully saturated rings. The third-order valence-electron chi connectivity index (χ3n) is 6.83. The largest absolute Gasteiger partial charge is 0.660 e. The van der Waals surface area contributed by atoms with Gasteiger partial charge in [-0.25, -0.2) is 0 Å². The Hall–Kier alpha value is 0.701. The predicted molar refractivity (Wildman–Crippen MR) is 164 cm³/mol. The van der Waals surface area contributed by atoms with Crippen LogP contribution in [0.5, 0.6) is 0 Å². The Morgan fingerprint density at radius 3 is 1.07 bits per heavy atom. The predicted octanol–water partition coefficient (Wildman–Crippen LogP) is 2.28. The third-order valence-corrected chi connectivity index (χ3v) is 25.6. The molecule has 0 amide bonds. The molecule has 0 spiro atoms. The van der Waals surface area contributed by atoms with E-state index in [4.69, 9.17) is 37.7 Å². The van der Waals surface area contributed by atoms with Crippen molar-refractivity contribution in [2.24, 2.45) is 0 Å². The molecule has 2 aliphatic heterocycles. The molecule has 0 saturated carbocycles. The standard InChI is InChI=1S/C22H54O15Si6/c1-5-9-11-13-15-17-19-21-38(29-7-3)31-40(23,24)35-42(27,33-38)37-43(28)34-39(30-8-4,32-41(25,26)36-43)22-20-18-16-14-12-10-6-2/h23-28H,5-22H2,1-4H3. The average Bonchev–Trinajstić information content (AvgIpc) is 2.85. The highest BCUT2D eigenvalue weighted by atomic mass is 28.6. The van der Waals surface area contributed by atoms with Crippen LogP contribution in [0.15, 0.2) is 0 Å². The Balaban J connectivity index is 2.18. The maximum atomic E-state index is 11.3. The normalized spacial score (nSPS) is 32.2. The van der Waals surface area contributed by atoms with Crippen LogP contribution in [-0.2, 0) is 37.7 Å². The van der Waals surface area contributed by atoms with Crippen molar-refractivity contribution in [1.29, 1.82) is 0 Å². The summed E-state index contributed by atoms with van der Waals surface area (Å²) in [6, 6.07) is 0.234. The lowest BCUT2D eigenvalue weighted by molar-refractivity contribution is -0.0637. The first-order valence-electron chi connectivity index (χ1n) is 15.7. The van der Waals surface area contributed by atoms with Gasteiger partial charge >= 0.3 is 53.8 Å². The molecule has 2 heterocycles. The summed E-state index contributed by atoms with van der Waals surface area (Å²) in [5, 5.41) is 0. The van der Waals surface area contributed by atoms with E-state index in [1.54, 1.807) is 13.8 Å². The molecule has 256 valence electrons. The summed E-state index contributed by atoms with van der Waals surface area (Å²) in [6.07, 6.45) is 13.5. The van der Waals surface area contributed by atoms with Crippen LogP contribution in [0.1, 0.15) is 118 Å². The van der Waals surface area contributed by atoms with E-state index in [1.807, 2.05) is 0 Å². The van der Waals surface area contributed by atoms with Crippen LogP contribution in [0.2, 0.25) is 12.1 Å². The molecule has 0 aromatic rings. The summed E-state index contributed by atoms with van der Waals surface area (Å²) in [5.41, 5.74) is 0. The van der Waals surface area contributed by atoms with Gasteiger partial charge in [-0.1, -0.05) is 90.9 Å². The third kappa shape index (κ3) is 14.2. The van der Waals surface area contributed by atoms with E-state index in [9.17, 15) is 28.8 Å². The highest BCUT2D eigenvalue weighted by Crippen LogP contribution is 2.38. The van der Waals surface area contributed by atoms with Crippen molar-refractivity contribution in [3.8, 4) is 0 Å². The number of hydrogen-bond acceptors (Lipinski definition) is 15. The van der Waals surface area contributed by atoms with Gasteiger partial charge in [0.25, 0.3) is 0 Å². The lowest BCUT2D eigenvalue weighted by Gasteiger charge is -2.47. The Kier molecular flexibility index (Phi) is 17.0. The van der Waals surface area contributed by atoms with Crippen LogP contribution in [0.25, 0.3) is 0 Å². The molecule has 15 nitrogen and oxygen atoms in total. The van der Waals surface area contributed by atoms with Crippen LogP contribution in [0, 0.1) is 0 Å². The second-order valence-electron chi connectivity index (χ2n) is 10.8. The van der Waals surface area contributed by atoms with E-state index in [1.165, 1.54) is 0 Å². The van der Waals surface area contributed by atoms with Gasteiger partial charge in [-0.05, 0) is 26.7 Å². The topological polar surface area (TPSA) is 204 Å². The number of rotatable bonds is 22. The van der Waals surface area contributed by atoms with Crippen LogP contribution < -0.4 is 0 Å². The Labute approximate surface area is 262 Å². The fourth-order valence-corrected chi connectivity index (χ4v) is 25.9. The van der Waals surface area contributed by atoms with Gasteiger partial charge in [-0.2, -0.15) is 0 Å². The van der Waals surface area contributed by atoms with Crippen molar-refractivity contribution in [3.63, 3.8) is 0 Å². The van der Waals surface area contributed by atoms with Crippen LogP contribution >= 0.6 is 0 Å². The summed E-state index contributed by atoms with van der Waals surface area (Å²) < 4.78 is 49.2. The van der Waals surface area contributed by atoms with Gasteiger partial charge < -0.3 is 66.4 Å². The number of hydrogen-bond donors (Lipinski definition) is 6. The number of unbranched alkanes of at least 4 members (excludes halogenated alkanes) is 12. The van der Waals surface area contributed by atoms with Crippen molar-refractivity contribution in [1.82, 2.24) is 0 Å². The lowest BCUT2D eigenvalue weighted by Crippen LogP contribution is -2.79. The maximum Gasteiger partial charge on any atom is 0.660 e. The molecule has 0 aliphatic carbocycles. The van der Waals surface area contributed by atoms with E-state index >= 15 is 0 Å². The molecular formula is C22H54O15Si6. The smallest absolute Gasteiger partial charge is 0.375 e. The zero-order valence-electron chi connectivity index (χ0n) is 26.1. The van der Waals surface area contributed by atoms with E-state index in [-0.39, 0.29) is 25.3 Å². The van der Waals surface area contributed by atoms with Crippen molar-refractivity contribution in [2.45, 2.75) is 130 Å². The van der Waals surface area contributed by atoms with Gasteiger partial charge in [-0.3, -0.25) is 0 Å². The van der Waals surface area contributed by atoms with Gasteiger partial charge in [0.1, 0.15) is 0 Å². The van der Waals surface area contributed by atoms with Crippen molar-refractivity contribution in [3.05, 3.63) is 0 Å². The van der Waals surface area contributed by atoms with Gasteiger partial charge in [0, 0.05) is 25.3 Å². The quantitative estimate of drug-likeness (QED) is 0.0700. The van der Waals surface area contributed by atoms with Gasteiger partial charge in [0.15, 0.2) is 0 Å². The molecular weight excluding hydrogens is 673 g/mol. The molecule has 0 aromatic carbocycles. The van der Waals surface area contributed by atoms with Gasteiger partial charge in [0.05, 0.1) is 0 Å². The van der Waals surface area contributed by atoms with Gasteiger partial charge in [0.2, 0.25) is 0 Å². The van der Waals surface area contributed by atoms with Crippen LogP contribution in [-0.4, -0.2) is 95.8 Å². The highest BCUT2D eigenvalue weighted by Gasteiger charge is 2.76. The highest BCUT2D eigenvalue weighted by molar-refractivity contribution is 6.89. The first-order valence-corrected chi connectivity index (χ1v) is 26.3. The Morgan fingerprint density at radius 2 is 0.744 bits per heavy atom. The molecule has 43 heavy (non-hydrogen) atoms. The molecule has 21 heteroatoms. The Morgan fingerprint density at radius 1 is 0.419 bits per heavy atom. The fraction of sp³-hybridized carbons (Fsp3) is 1.00. The minimum absolute atomic E-state index is 0.0579. The first-order chi connectivity index (χ1) is 20.2. The zero-order valence-corrected chi connectivity index (χ0v) is 32.1. The van der Waals surface area contributed by atoms with E-state index in [0.717, 1.165) is 77.0 Å². The molecule has 4 unspecified atom stereocenters. The minimum Gasteiger partial charge on any atom is -0.375 e. The molecule has 6 N–H and O–H groups in total. The van der Waals surface area contributed by atoms with Crippen LogP contribution in [0.4, 0.5) is 0 Å². The summed E-state index contributed by atoms with van der Waals surface area (Å²) >= 11 is 0. The molecule has 4 atom stereocenters. The van der Waals surface area contributed by atoms with E-state index < -0.39 is 53.8 Å². The maximum absolute atomic E-state index is 11.3. The van der Waals surface area contributed by atoms with Crippen LogP contribution in [0.3, 0.4) is 0 Å². The van der Waals surface area contributed by atoms with Crippen molar-refractivity contribution >= 4 is 53.8 Å².